The van der Waals surface area contributed by atoms with Crippen LogP contribution in [0.3, 0.4) is 0 Å². The minimum atomic E-state index is -5.84. The highest BCUT2D eigenvalue weighted by Crippen LogP contribution is 2.53. The van der Waals surface area contributed by atoms with E-state index in [2.05, 4.69) is 25.9 Å². The molecule has 3 N–H and O–H groups in total. The number of nitrogens with zero attached hydrogens (tertiary/aromatic N) is 2. The van der Waals surface area contributed by atoms with Crippen LogP contribution in [-0.4, -0.2) is 54.5 Å². The molecule has 220 valence electrons. The second-order valence-electron chi connectivity index (χ2n) is 9.28. The first kappa shape index (κ1) is 30.1. The molecule has 0 aliphatic carbocycles. The highest BCUT2D eigenvalue weighted by molar-refractivity contribution is 6.07. The number of pyridine rings is 2. The Balaban J connectivity index is 1.58. The smallest absolute Gasteiger partial charge is 0.430 e. The molecule has 4 rings (SSSR count). The Morgan fingerprint density at radius 2 is 1.80 bits per heavy atom. The molecule has 1 saturated heterocycles. The van der Waals surface area contributed by atoms with Crippen LogP contribution in [0.5, 0.6) is 5.88 Å². The zero-order valence-corrected chi connectivity index (χ0v) is 21.8. The minimum absolute atomic E-state index is 0.0142. The number of hydrogen-bond donors (Lipinski definition) is 3. The molecule has 14 heteroatoms. The number of benzene rings is 1. The van der Waals surface area contributed by atoms with Gasteiger partial charge < -0.3 is 25.4 Å². The van der Waals surface area contributed by atoms with Crippen molar-refractivity contribution < 1.29 is 40.6 Å². The van der Waals surface area contributed by atoms with Crippen LogP contribution in [0.2, 0.25) is 0 Å². The Morgan fingerprint density at radius 3 is 2.49 bits per heavy atom. The third kappa shape index (κ3) is 6.70. The number of hydrogen-bond acceptors (Lipinski definition) is 7. The first-order chi connectivity index (χ1) is 19.4. The molecule has 1 atom stereocenters. The number of ether oxygens (including phenoxy) is 2. The lowest BCUT2D eigenvalue weighted by atomic mass is 9.91. The van der Waals surface area contributed by atoms with E-state index in [9.17, 15) is 31.1 Å². The van der Waals surface area contributed by atoms with Crippen molar-refractivity contribution in [2.24, 2.45) is 0 Å². The van der Waals surface area contributed by atoms with Crippen molar-refractivity contribution in [3.63, 3.8) is 0 Å². The normalized spacial score (nSPS) is 15.9. The molecule has 0 saturated carbocycles. The van der Waals surface area contributed by atoms with Gasteiger partial charge in [-0.25, -0.2) is 9.97 Å². The number of methoxy groups -OCH3 is 1. The van der Waals surface area contributed by atoms with Crippen LogP contribution in [-0.2, 0) is 16.9 Å². The van der Waals surface area contributed by atoms with Gasteiger partial charge in [0.05, 0.1) is 19.3 Å². The summed E-state index contributed by atoms with van der Waals surface area (Å²) in [5.41, 5.74) is -5.33. The van der Waals surface area contributed by atoms with E-state index in [0.717, 1.165) is 11.6 Å². The molecular formula is C27H27F6N5O3. The fraction of sp³-hybridized carbons (Fsp3) is 0.370. The van der Waals surface area contributed by atoms with Gasteiger partial charge in [-0.05, 0) is 55.3 Å². The van der Waals surface area contributed by atoms with E-state index in [1.165, 1.54) is 37.7 Å². The summed E-state index contributed by atoms with van der Waals surface area (Å²) in [6.07, 6.45) is -7.74. The molecule has 41 heavy (non-hydrogen) atoms. The van der Waals surface area contributed by atoms with Crippen LogP contribution >= 0.6 is 0 Å². The maximum Gasteiger partial charge on any atom is 0.430 e. The van der Waals surface area contributed by atoms with Crippen molar-refractivity contribution in [2.75, 3.05) is 30.9 Å². The number of rotatable bonds is 10. The van der Waals surface area contributed by atoms with Crippen molar-refractivity contribution in [2.45, 2.75) is 43.4 Å². The fourth-order valence-electron chi connectivity index (χ4n) is 4.46. The highest BCUT2D eigenvalue weighted by Gasteiger charge is 2.73. The van der Waals surface area contributed by atoms with E-state index in [4.69, 9.17) is 9.47 Å². The molecule has 3 aromatic rings. The van der Waals surface area contributed by atoms with Gasteiger partial charge in [0.25, 0.3) is 11.5 Å². The number of anilines is 2. The van der Waals surface area contributed by atoms with Gasteiger partial charge in [0, 0.05) is 42.3 Å². The van der Waals surface area contributed by atoms with Gasteiger partial charge in [0.2, 0.25) is 5.88 Å². The average molecular weight is 584 g/mol. The summed E-state index contributed by atoms with van der Waals surface area (Å²) in [6.45, 7) is -0.106. The summed E-state index contributed by atoms with van der Waals surface area (Å²) in [5.74, 6) is -0.282. The third-order valence-corrected chi connectivity index (χ3v) is 6.51. The predicted octanol–water partition coefficient (Wildman–Crippen LogP) is 5.44. The Hall–Kier alpha value is -3.91. The zero-order valence-electron chi connectivity index (χ0n) is 21.8. The van der Waals surface area contributed by atoms with E-state index < -0.39 is 42.1 Å². The van der Waals surface area contributed by atoms with Crippen LogP contribution in [0.1, 0.15) is 34.3 Å². The molecule has 2 aromatic heterocycles. The van der Waals surface area contributed by atoms with Crippen molar-refractivity contribution in [1.29, 1.82) is 0 Å². The number of carbonyl (C=O) groups is 1. The number of alkyl halides is 6. The third-order valence-electron chi connectivity index (χ3n) is 6.51. The summed E-state index contributed by atoms with van der Waals surface area (Å²) >= 11 is 0. The number of halogens is 6. The van der Waals surface area contributed by atoms with Gasteiger partial charge in [0.15, 0.2) is 0 Å². The minimum Gasteiger partial charge on any atom is -0.481 e. The lowest BCUT2D eigenvalue weighted by Crippen LogP contribution is -2.57. The Morgan fingerprint density at radius 1 is 1.02 bits per heavy atom. The Bertz CT molecular complexity index is 1330. The van der Waals surface area contributed by atoms with Crippen molar-refractivity contribution in [3.05, 3.63) is 77.6 Å². The summed E-state index contributed by atoms with van der Waals surface area (Å²) in [5, 5.41) is 8.20. The average Bonchev–Trinajstić information content (AvgIpc) is 3.45. The van der Waals surface area contributed by atoms with E-state index in [0.29, 0.717) is 37.4 Å². The Labute approximate surface area is 231 Å². The first-order valence-electron chi connectivity index (χ1n) is 12.5. The second-order valence-corrected chi connectivity index (χ2v) is 9.28. The fourth-order valence-corrected chi connectivity index (χ4v) is 4.46. The quantitative estimate of drug-likeness (QED) is 0.274. The molecule has 0 bridgehead atoms. The maximum atomic E-state index is 14.2. The topological polar surface area (TPSA) is 97.4 Å². The van der Waals surface area contributed by atoms with Crippen LogP contribution in [0, 0.1) is 0 Å². The summed E-state index contributed by atoms with van der Waals surface area (Å²) in [7, 11) is 1.46. The first-order valence-corrected chi connectivity index (χ1v) is 12.5. The lowest BCUT2D eigenvalue weighted by molar-refractivity contribution is -0.390. The number of carbonyl (C=O) groups excluding carboxylic acids is 1. The molecule has 1 amide bonds. The van der Waals surface area contributed by atoms with E-state index >= 15 is 0 Å². The van der Waals surface area contributed by atoms with Crippen LogP contribution in [0.15, 0.2) is 60.9 Å². The molecular weight excluding hydrogens is 556 g/mol. The van der Waals surface area contributed by atoms with Gasteiger partial charge >= 0.3 is 12.4 Å². The summed E-state index contributed by atoms with van der Waals surface area (Å²) in [4.78, 5) is 21.2. The Kier molecular flexibility index (Phi) is 9.02. The van der Waals surface area contributed by atoms with Crippen molar-refractivity contribution in [1.82, 2.24) is 15.3 Å². The number of aromatic nitrogens is 2. The molecule has 1 aliphatic heterocycles. The summed E-state index contributed by atoms with van der Waals surface area (Å²) in [6, 6.07) is 9.09. The van der Waals surface area contributed by atoms with Gasteiger partial charge in [-0.3, -0.25) is 4.79 Å². The number of amides is 1. The zero-order chi connectivity index (χ0) is 29.7. The lowest BCUT2D eigenvalue weighted by Gasteiger charge is -2.38. The molecule has 8 nitrogen and oxygen atoms in total. The van der Waals surface area contributed by atoms with Crippen molar-refractivity contribution >= 4 is 17.4 Å². The molecule has 0 spiro atoms. The predicted molar refractivity (Wildman–Crippen MR) is 138 cm³/mol. The standard InChI is InChI=1S/C27H27F6N5O3/c1-40-22-13-17(9-12-35-22)15-37-23-21(8-4-11-36-23)24(39)38-19-6-2-5-18(14-19)25(26(28,29)30,27(31,32)33)41-16-20-7-3-10-34-20/h2,4-6,8-9,11-14,20,34H,3,7,10,15-16H2,1H3,(H,36,37)(H,38,39)/t20-/m0/s1. The second kappa shape index (κ2) is 12.3. The van der Waals surface area contributed by atoms with Gasteiger partial charge in [-0.2, -0.15) is 26.3 Å². The van der Waals surface area contributed by atoms with Gasteiger partial charge in [0.1, 0.15) is 5.82 Å². The summed E-state index contributed by atoms with van der Waals surface area (Å²) < 4.78 is 95.2. The molecule has 1 aromatic carbocycles. The molecule has 1 aliphatic rings. The van der Waals surface area contributed by atoms with Gasteiger partial charge in [-0.15, -0.1) is 0 Å². The van der Waals surface area contributed by atoms with Crippen LogP contribution in [0.4, 0.5) is 37.8 Å². The van der Waals surface area contributed by atoms with Crippen LogP contribution in [0.25, 0.3) is 0 Å². The largest absolute Gasteiger partial charge is 0.481 e. The molecule has 0 radical (unpaired) electrons. The SMILES string of the molecule is COc1cc(CNc2ncccc2C(=O)Nc2cccc(C(OC[C@@H]3CCCN3)(C(F)(F)F)C(F)(F)F)c2)ccn1. The number of nitrogens with one attached hydrogen (secondary N) is 3. The van der Waals surface area contributed by atoms with Gasteiger partial charge in [-0.1, -0.05) is 12.1 Å². The highest BCUT2D eigenvalue weighted by atomic mass is 19.4. The van der Waals surface area contributed by atoms with Crippen LogP contribution < -0.4 is 20.7 Å². The molecule has 3 heterocycles. The van der Waals surface area contributed by atoms with Crippen molar-refractivity contribution in [3.8, 4) is 5.88 Å². The van der Waals surface area contributed by atoms with E-state index in [-0.39, 0.29) is 23.6 Å². The molecule has 0 unspecified atom stereocenters. The monoisotopic (exact) mass is 583 g/mol. The molecule has 1 fully saturated rings. The maximum absolute atomic E-state index is 14.2. The van der Waals surface area contributed by atoms with E-state index in [1.807, 2.05) is 0 Å². The van der Waals surface area contributed by atoms with E-state index in [1.54, 1.807) is 12.1 Å².